The van der Waals surface area contributed by atoms with Gasteiger partial charge in [-0.25, -0.2) is 0 Å². The molecule has 0 spiro atoms. The van der Waals surface area contributed by atoms with Crippen LogP contribution in [0.4, 0.5) is 11.4 Å². The number of fused-ring (bicyclic) bond motifs is 1. The van der Waals surface area contributed by atoms with E-state index in [4.69, 9.17) is 0 Å². The number of ketones is 1. The van der Waals surface area contributed by atoms with Gasteiger partial charge in [-0.05, 0) is 43.3 Å². The molecule has 0 N–H and O–H groups in total. The lowest BCUT2D eigenvalue weighted by atomic mass is 10.1. The Kier molecular flexibility index (Phi) is 5.58. The van der Waals surface area contributed by atoms with E-state index in [0.717, 1.165) is 21.3 Å². The fourth-order valence-corrected chi connectivity index (χ4v) is 5.84. The Balaban J connectivity index is 1.79. The summed E-state index contributed by atoms with van der Waals surface area (Å²) in [7, 11) is 5.90. The quantitative estimate of drug-likeness (QED) is 0.588. The molecule has 3 aromatic rings. The van der Waals surface area contributed by atoms with Crippen molar-refractivity contribution in [2.45, 2.75) is 18.4 Å². The molecule has 1 aliphatic rings. The Morgan fingerprint density at radius 1 is 1.10 bits per heavy atom. The molecule has 1 aromatic heterocycles. The fraction of sp³-hybridized carbons (Fsp3) is 0.217. The summed E-state index contributed by atoms with van der Waals surface area (Å²) >= 11 is 2.98. The first kappa shape index (κ1) is 20.5. The third-order valence-electron chi connectivity index (χ3n) is 5.08. The molecular formula is C23H23N3O2S2. The normalized spacial score (nSPS) is 15.5. The first-order chi connectivity index (χ1) is 14.4. The van der Waals surface area contributed by atoms with Gasteiger partial charge in [-0.2, -0.15) is 0 Å². The number of carbonyl (C=O) groups excluding carboxylic acids is 1. The number of hydrogen-bond acceptors (Lipinski definition) is 6. The van der Waals surface area contributed by atoms with E-state index in [2.05, 4.69) is 17.0 Å². The van der Waals surface area contributed by atoms with Crippen molar-refractivity contribution in [1.82, 2.24) is 4.57 Å². The van der Waals surface area contributed by atoms with E-state index in [1.54, 1.807) is 22.4 Å². The van der Waals surface area contributed by atoms with Crippen molar-refractivity contribution in [3.8, 4) is 0 Å². The Hall–Kier alpha value is -2.77. The van der Waals surface area contributed by atoms with Gasteiger partial charge in [0.05, 0.1) is 5.69 Å². The van der Waals surface area contributed by atoms with Gasteiger partial charge in [0.2, 0.25) is 0 Å². The number of para-hydroxylation sites is 1. The molecule has 30 heavy (non-hydrogen) atoms. The van der Waals surface area contributed by atoms with E-state index in [9.17, 15) is 9.59 Å². The number of thiazole rings is 1. The number of anilines is 2. The van der Waals surface area contributed by atoms with Crippen molar-refractivity contribution in [2.24, 2.45) is 0 Å². The van der Waals surface area contributed by atoms with Crippen molar-refractivity contribution in [2.75, 3.05) is 30.9 Å². The Labute approximate surface area is 183 Å². The number of thioether (sulfide) groups is 1. The topological polar surface area (TPSA) is 45.6 Å². The Morgan fingerprint density at radius 2 is 1.80 bits per heavy atom. The second-order valence-corrected chi connectivity index (χ2v) is 9.26. The van der Waals surface area contributed by atoms with Gasteiger partial charge in [-0.3, -0.25) is 14.2 Å². The average molecular weight is 438 g/mol. The van der Waals surface area contributed by atoms with Crippen LogP contribution in [-0.4, -0.2) is 31.5 Å². The largest absolute Gasteiger partial charge is 0.378 e. The summed E-state index contributed by atoms with van der Waals surface area (Å²) in [6.07, 6.45) is 1.58. The third kappa shape index (κ3) is 3.59. The zero-order valence-electron chi connectivity index (χ0n) is 17.4. The van der Waals surface area contributed by atoms with E-state index in [1.165, 1.54) is 11.3 Å². The SMILES string of the molecule is CCn1c(=O)/c(=C2\Sc3ccccc3N2C)s/c1=C/C(=O)c1ccc(N(C)C)cc1. The average Bonchev–Trinajstić information content (AvgIpc) is 3.24. The standard InChI is InChI=1S/C23H23N3O2S2/c1-5-26-20(14-18(27)15-10-12-16(13-11-15)24(2)3)30-21(22(26)28)23-25(4)17-8-6-7-9-19(17)29-23/h6-14H,5H2,1-4H3/b20-14+,23-21+. The van der Waals surface area contributed by atoms with Gasteiger partial charge < -0.3 is 9.80 Å². The number of aromatic nitrogens is 1. The molecule has 0 unspecified atom stereocenters. The second kappa shape index (κ2) is 8.16. The molecule has 2 aromatic carbocycles. The molecule has 0 aliphatic carbocycles. The van der Waals surface area contributed by atoms with E-state index in [1.807, 2.05) is 69.4 Å². The van der Waals surface area contributed by atoms with Crippen LogP contribution in [0.15, 0.2) is 58.2 Å². The van der Waals surface area contributed by atoms with Crippen LogP contribution in [-0.2, 0) is 6.54 Å². The third-order valence-corrected chi connectivity index (χ3v) is 7.57. The summed E-state index contributed by atoms with van der Waals surface area (Å²) in [5, 5.41) is 0.913. The lowest BCUT2D eigenvalue weighted by Gasteiger charge is -2.11. The molecule has 0 saturated heterocycles. The Morgan fingerprint density at radius 3 is 2.43 bits per heavy atom. The lowest BCUT2D eigenvalue weighted by molar-refractivity contribution is 0.106. The molecule has 2 heterocycles. The molecule has 7 heteroatoms. The molecule has 154 valence electrons. The first-order valence-electron chi connectivity index (χ1n) is 9.68. The van der Waals surface area contributed by atoms with E-state index >= 15 is 0 Å². The zero-order chi connectivity index (χ0) is 21.4. The van der Waals surface area contributed by atoms with Gasteiger partial charge in [0, 0.05) is 49.9 Å². The van der Waals surface area contributed by atoms with Gasteiger partial charge in [-0.1, -0.05) is 23.9 Å². The summed E-state index contributed by atoms with van der Waals surface area (Å²) in [5.74, 6) is -0.101. The number of carbonyl (C=O) groups is 1. The summed E-state index contributed by atoms with van der Waals surface area (Å²) < 4.78 is 3.02. The Bertz CT molecular complexity index is 1290. The summed E-state index contributed by atoms with van der Waals surface area (Å²) in [6, 6.07) is 15.6. The van der Waals surface area contributed by atoms with Crippen LogP contribution < -0.4 is 24.6 Å². The molecular weight excluding hydrogens is 414 g/mol. The molecule has 0 amide bonds. The number of rotatable bonds is 4. The van der Waals surface area contributed by atoms with Crippen LogP contribution in [0.25, 0.3) is 11.1 Å². The van der Waals surface area contributed by atoms with E-state index < -0.39 is 0 Å². The number of nitrogens with zero attached hydrogens (tertiary/aromatic N) is 3. The maximum atomic E-state index is 13.1. The minimum absolute atomic E-state index is 0.0494. The minimum atomic E-state index is -0.101. The van der Waals surface area contributed by atoms with Gasteiger partial charge in [0.1, 0.15) is 14.2 Å². The van der Waals surface area contributed by atoms with E-state index in [0.29, 0.717) is 21.3 Å². The van der Waals surface area contributed by atoms with Crippen molar-refractivity contribution in [1.29, 1.82) is 0 Å². The van der Waals surface area contributed by atoms with Crippen LogP contribution >= 0.6 is 23.1 Å². The first-order valence-corrected chi connectivity index (χ1v) is 11.3. The van der Waals surface area contributed by atoms with Crippen molar-refractivity contribution < 1.29 is 4.79 Å². The highest BCUT2D eigenvalue weighted by Gasteiger charge is 2.24. The highest BCUT2D eigenvalue weighted by atomic mass is 32.2. The molecule has 5 nitrogen and oxygen atoms in total. The summed E-state index contributed by atoms with van der Waals surface area (Å²) in [4.78, 5) is 31.1. The van der Waals surface area contributed by atoms with Crippen LogP contribution in [0.2, 0.25) is 0 Å². The zero-order valence-corrected chi connectivity index (χ0v) is 19.0. The van der Waals surface area contributed by atoms with Gasteiger partial charge >= 0.3 is 0 Å². The molecule has 0 saturated carbocycles. The van der Waals surface area contributed by atoms with Crippen molar-refractivity contribution >= 4 is 51.4 Å². The van der Waals surface area contributed by atoms with Crippen LogP contribution in [0.1, 0.15) is 17.3 Å². The fourth-order valence-electron chi connectivity index (χ4n) is 3.39. The van der Waals surface area contributed by atoms with Crippen LogP contribution in [0.5, 0.6) is 0 Å². The van der Waals surface area contributed by atoms with Gasteiger partial charge in [0.15, 0.2) is 5.78 Å². The molecule has 0 bridgehead atoms. The van der Waals surface area contributed by atoms with Gasteiger partial charge in [0.25, 0.3) is 5.56 Å². The maximum absolute atomic E-state index is 13.1. The number of benzene rings is 2. The monoisotopic (exact) mass is 437 g/mol. The van der Waals surface area contributed by atoms with E-state index in [-0.39, 0.29) is 11.3 Å². The van der Waals surface area contributed by atoms with Gasteiger partial charge in [-0.15, -0.1) is 11.3 Å². The number of Topliss-reactive ketones (excluding diaryl/α,β-unsaturated/α-hetero) is 1. The smallest absolute Gasteiger partial charge is 0.271 e. The predicted molar refractivity (Wildman–Crippen MR) is 127 cm³/mol. The second-order valence-electron chi connectivity index (χ2n) is 7.20. The van der Waals surface area contributed by atoms with Crippen molar-refractivity contribution in [3.05, 3.63) is 73.6 Å². The van der Waals surface area contributed by atoms with Crippen LogP contribution in [0, 0.1) is 0 Å². The number of hydrogen-bond donors (Lipinski definition) is 0. The maximum Gasteiger partial charge on any atom is 0.271 e. The molecule has 4 rings (SSSR count). The van der Waals surface area contributed by atoms with Crippen molar-refractivity contribution in [3.63, 3.8) is 0 Å². The molecule has 0 atom stereocenters. The lowest BCUT2D eigenvalue weighted by Crippen LogP contribution is -2.33. The highest BCUT2D eigenvalue weighted by molar-refractivity contribution is 8.08. The highest BCUT2D eigenvalue weighted by Crippen LogP contribution is 2.44. The minimum Gasteiger partial charge on any atom is -0.378 e. The predicted octanol–water partition coefficient (Wildman–Crippen LogP) is 2.97. The summed E-state index contributed by atoms with van der Waals surface area (Å²) in [5.41, 5.74) is 2.69. The summed E-state index contributed by atoms with van der Waals surface area (Å²) in [6.45, 7) is 2.44. The van der Waals surface area contributed by atoms with Crippen LogP contribution in [0.3, 0.4) is 0 Å². The molecule has 0 fully saturated rings. The molecule has 1 aliphatic heterocycles. The molecule has 0 radical (unpaired) electrons.